The summed E-state index contributed by atoms with van der Waals surface area (Å²) in [7, 11) is 0. The van der Waals surface area contributed by atoms with E-state index in [4.69, 9.17) is 26.5 Å². The molecule has 0 radical (unpaired) electrons. The topological polar surface area (TPSA) is 104 Å². The largest absolute Gasteiger partial charge is 0.476 e. The summed E-state index contributed by atoms with van der Waals surface area (Å²) >= 11 is 6.05. The van der Waals surface area contributed by atoms with Gasteiger partial charge >= 0.3 is 0 Å². The van der Waals surface area contributed by atoms with Crippen LogP contribution in [0.2, 0.25) is 5.02 Å². The Balaban J connectivity index is 1.88. The molecule has 1 unspecified atom stereocenters. The van der Waals surface area contributed by atoms with Gasteiger partial charge in [0.15, 0.2) is 5.82 Å². The summed E-state index contributed by atoms with van der Waals surface area (Å²) in [5.74, 6) is 0.0534. The number of nitrogens with one attached hydrogen (secondary N) is 4. The van der Waals surface area contributed by atoms with Crippen molar-refractivity contribution in [3.05, 3.63) is 22.6 Å². The molecule has 0 amide bonds. The van der Waals surface area contributed by atoms with Crippen LogP contribution in [0, 0.1) is 5.41 Å². The van der Waals surface area contributed by atoms with Gasteiger partial charge in [0.05, 0.1) is 18.8 Å². The van der Waals surface area contributed by atoms with Gasteiger partial charge in [0, 0.05) is 31.4 Å². The van der Waals surface area contributed by atoms with Crippen molar-refractivity contribution < 1.29 is 18.3 Å². The first-order valence-corrected chi connectivity index (χ1v) is 9.43. The molecule has 0 spiro atoms. The maximum absolute atomic E-state index is 13.3. The smallest absolute Gasteiger partial charge is 0.258 e. The molecule has 1 aromatic rings. The molecule has 154 valence electrons. The Morgan fingerprint density at radius 2 is 2.07 bits per heavy atom. The molecule has 0 aliphatic carbocycles. The van der Waals surface area contributed by atoms with Crippen molar-refractivity contribution in [2.24, 2.45) is 0 Å². The first-order valence-electron chi connectivity index (χ1n) is 9.05. The zero-order valence-electron chi connectivity index (χ0n) is 15.4. The first-order chi connectivity index (χ1) is 13.4. The van der Waals surface area contributed by atoms with E-state index < -0.39 is 12.5 Å². The van der Waals surface area contributed by atoms with Gasteiger partial charge in [0.25, 0.3) is 6.43 Å². The average molecular weight is 417 g/mol. The van der Waals surface area contributed by atoms with E-state index in [1.54, 1.807) is 0 Å². The molecule has 3 heterocycles. The van der Waals surface area contributed by atoms with Gasteiger partial charge in [0.2, 0.25) is 11.8 Å². The minimum atomic E-state index is -2.65. The second-order valence-corrected chi connectivity index (χ2v) is 7.00. The van der Waals surface area contributed by atoms with Crippen molar-refractivity contribution in [3.63, 3.8) is 0 Å². The summed E-state index contributed by atoms with van der Waals surface area (Å²) in [5.41, 5.74) is 1.02. The lowest BCUT2D eigenvalue weighted by Gasteiger charge is -2.26. The van der Waals surface area contributed by atoms with Crippen LogP contribution in [0.3, 0.4) is 0 Å². The van der Waals surface area contributed by atoms with E-state index in [2.05, 4.69) is 25.9 Å². The third-order valence-corrected chi connectivity index (χ3v) is 4.80. The van der Waals surface area contributed by atoms with E-state index in [1.165, 1.54) is 6.20 Å². The first kappa shape index (κ1) is 20.5. The van der Waals surface area contributed by atoms with E-state index in [-0.39, 0.29) is 41.8 Å². The minimum Gasteiger partial charge on any atom is -0.476 e. The number of alkyl halides is 2. The predicted molar refractivity (Wildman–Crippen MR) is 102 cm³/mol. The van der Waals surface area contributed by atoms with Crippen LogP contribution in [-0.2, 0) is 9.47 Å². The van der Waals surface area contributed by atoms with Gasteiger partial charge in [-0.25, -0.2) is 13.8 Å². The standard InChI is InChI=1S/C17H23ClF2N6O2/c1-9(23-10-2-5-27-6-3-10)13-15(21)28-7-4-12(14(19)20)24-16-11(18)8-22-17(25-13)26-16/h8,10,12,14,21,23H,2-7H2,1H3,(H2,22,24,25,26)/b13-9+,21-15?. The number of anilines is 2. The fraction of sp³-hybridized carbons (Fsp3) is 0.588. The highest BCUT2D eigenvalue weighted by atomic mass is 35.5. The Hall–Kier alpha value is -2.20. The zero-order chi connectivity index (χ0) is 20.1. The fourth-order valence-corrected chi connectivity index (χ4v) is 3.12. The van der Waals surface area contributed by atoms with Gasteiger partial charge < -0.3 is 25.4 Å². The van der Waals surface area contributed by atoms with Crippen LogP contribution in [0.5, 0.6) is 0 Å². The average Bonchev–Trinajstić information content (AvgIpc) is 2.69. The molecule has 1 atom stereocenters. The Morgan fingerprint density at radius 3 is 2.79 bits per heavy atom. The third-order valence-electron chi connectivity index (χ3n) is 4.53. The highest BCUT2D eigenvalue weighted by Gasteiger charge is 2.25. The van der Waals surface area contributed by atoms with Crippen molar-refractivity contribution in [1.82, 2.24) is 15.3 Å². The quantitative estimate of drug-likeness (QED) is 0.600. The Morgan fingerprint density at radius 1 is 1.32 bits per heavy atom. The maximum Gasteiger partial charge on any atom is 0.258 e. The van der Waals surface area contributed by atoms with Crippen molar-refractivity contribution in [1.29, 1.82) is 5.41 Å². The molecule has 2 aliphatic rings. The van der Waals surface area contributed by atoms with Crippen LogP contribution in [0.1, 0.15) is 26.2 Å². The van der Waals surface area contributed by atoms with E-state index in [1.807, 2.05) is 6.92 Å². The van der Waals surface area contributed by atoms with Crippen LogP contribution in [0.4, 0.5) is 20.5 Å². The number of hydrogen-bond acceptors (Lipinski definition) is 8. The highest BCUT2D eigenvalue weighted by molar-refractivity contribution is 6.32. The molecule has 1 fully saturated rings. The second kappa shape index (κ2) is 9.33. The van der Waals surface area contributed by atoms with Crippen LogP contribution >= 0.6 is 11.6 Å². The maximum atomic E-state index is 13.3. The molecule has 11 heteroatoms. The zero-order valence-corrected chi connectivity index (χ0v) is 16.2. The molecule has 28 heavy (non-hydrogen) atoms. The van der Waals surface area contributed by atoms with E-state index in [9.17, 15) is 8.78 Å². The summed E-state index contributed by atoms with van der Waals surface area (Å²) in [5, 5.41) is 17.3. The molecule has 0 saturated carbocycles. The summed E-state index contributed by atoms with van der Waals surface area (Å²) in [6.07, 6.45) is 0.354. The summed E-state index contributed by atoms with van der Waals surface area (Å²) in [6.45, 7) is 3.10. The number of rotatable bonds is 3. The van der Waals surface area contributed by atoms with Crippen LogP contribution in [-0.4, -0.2) is 54.2 Å². The lowest BCUT2D eigenvalue weighted by Crippen LogP contribution is -2.35. The summed E-state index contributed by atoms with van der Waals surface area (Å²) < 4.78 is 37.4. The van der Waals surface area contributed by atoms with E-state index in [0.29, 0.717) is 24.6 Å². The van der Waals surface area contributed by atoms with Crippen LogP contribution < -0.4 is 16.0 Å². The van der Waals surface area contributed by atoms with Gasteiger partial charge in [-0.2, -0.15) is 4.98 Å². The molecule has 2 bridgehead atoms. The molecule has 4 N–H and O–H groups in total. The summed E-state index contributed by atoms with van der Waals surface area (Å²) in [6, 6.07) is -0.999. The number of fused-ring (bicyclic) bond motifs is 2. The highest BCUT2D eigenvalue weighted by Crippen LogP contribution is 2.24. The number of nitrogens with zero attached hydrogens (tertiary/aromatic N) is 2. The second-order valence-electron chi connectivity index (χ2n) is 6.60. The van der Waals surface area contributed by atoms with Gasteiger partial charge in [-0.15, -0.1) is 0 Å². The van der Waals surface area contributed by atoms with Crippen LogP contribution in [0.25, 0.3) is 0 Å². The molecule has 2 aliphatic heterocycles. The van der Waals surface area contributed by atoms with Gasteiger partial charge in [0.1, 0.15) is 10.7 Å². The number of allylic oxidation sites excluding steroid dienone is 1. The van der Waals surface area contributed by atoms with Gasteiger partial charge in [-0.3, -0.25) is 5.41 Å². The molecule has 3 rings (SSSR count). The predicted octanol–water partition coefficient (Wildman–Crippen LogP) is 2.99. The monoisotopic (exact) mass is 416 g/mol. The minimum absolute atomic E-state index is 0.0184. The van der Waals surface area contributed by atoms with E-state index in [0.717, 1.165) is 12.8 Å². The normalized spacial score (nSPS) is 23.2. The Bertz CT molecular complexity index is 742. The lowest BCUT2D eigenvalue weighted by atomic mass is 10.1. The number of aromatic nitrogens is 2. The molecule has 1 aromatic heterocycles. The number of ether oxygens (including phenoxy) is 2. The van der Waals surface area contributed by atoms with Crippen molar-refractivity contribution in [2.45, 2.75) is 44.7 Å². The van der Waals surface area contributed by atoms with Crippen molar-refractivity contribution in [2.75, 3.05) is 30.5 Å². The number of halogens is 3. The third kappa shape index (κ3) is 5.20. The van der Waals surface area contributed by atoms with Crippen molar-refractivity contribution >= 4 is 29.3 Å². The Kier molecular flexibility index (Phi) is 6.84. The fourth-order valence-electron chi connectivity index (χ4n) is 2.98. The van der Waals surface area contributed by atoms with E-state index >= 15 is 0 Å². The van der Waals surface area contributed by atoms with Crippen LogP contribution in [0.15, 0.2) is 17.6 Å². The molecular weight excluding hydrogens is 394 g/mol. The van der Waals surface area contributed by atoms with Gasteiger partial charge in [-0.1, -0.05) is 11.6 Å². The van der Waals surface area contributed by atoms with Crippen molar-refractivity contribution in [3.8, 4) is 0 Å². The molecular formula is C17H23ClF2N6O2. The SMILES string of the molecule is C/C(NC1CCOCC1)=C1\Nc2ncc(Cl)c(n2)NC(C(F)F)CCOC1=N. The Labute approximate surface area is 166 Å². The lowest BCUT2D eigenvalue weighted by molar-refractivity contribution is 0.0803. The summed E-state index contributed by atoms with van der Waals surface area (Å²) in [4.78, 5) is 8.27. The van der Waals surface area contributed by atoms with Gasteiger partial charge in [-0.05, 0) is 19.8 Å². The molecule has 8 nitrogen and oxygen atoms in total. The number of hydrogen-bond donors (Lipinski definition) is 4. The molecule has 0 aromatic carbocycles. The molecule has 1 saturated heterocycles.